The molecule has 0 spiro atoms. The van der Waals surface area contributed by atoms with Gasteiger partial charge in [-0.15, -0.1) is 0 Å². The minimum Gasteiger partial charge on any atom is -0.341 e. The van der Waals surface area contributed by atoms with Crippen molar-refractivity contribution in [3.05, 3.63) is 11.7 Å². The topological polar surface area (TPSA) is 65.7 Å². The quantitative estimate of drug-likeness (QED) is 0.768. The molecular weight excluding hydrogens is 270 g/mol. The summed E-state index contributed by atoms with van der Waals surface area (Å²) in [5.41, 5.74) is 0. The van der Waals surface area contributed by atoms with Gasteiger partial charge in [0, 0.05) is 59.2 Å². The lowest BCUT2D eigenvalue weighted by Crippen LogP contribution is -2.48. The van der Waals surface area contributed by atoms with Gasteiger partial charge in [0.1, 0.15) is 0 Å². The molecule has 0 atom stereocenters. The number of carbonyl (C=O) groups is 1. The number of nitrogens with zero attached hydrogens (tertiary/aromatic N) is 5. The van der Waals surface area contributed by atoms with E-state index in [0.29, 0.717) is 11.8 Å². The van der Waals surface area contributed by atoms with Crippen molar-refractivity contribution in [1.29, 1.82) is 0 Å². The highest BCUT2D eigenvalue weighted by Gasteiger charge is 2.22. The Kier molecular flexibility index (Phi) is 4.50. The molecule has 0 N–H and O–H groups in total. The molecule has 2 fully saturated rings. The van der Waals surface area contributed by atoms with E-state index < -0.39 is 0 Å². The number of carbonyl (C=O) groups excluding carboxylic acids is 1. The second-order valence-corrected chi connectivity index (χ2v) is 5.83. The van der Waals surface area contributed by atoms with Crippen LogP contribution in [0.15, 0.2) is 4.52 Å². The average Bonchev–Trinajstić information content (AvgIpc) is 3.07. The van der Waals surface area contributed by atoms with E-state index in [1.165, 1.54) is 0 Å². The van der Waals surface area contributed by atoms with Crippen LogP contribution in [0.1, 0.15) is 24.6 Å². The predicted molar refractivity (Wildman–Crippen MR) is 76.6 cm³/mol. The largest absolute Gasteiger partial charge is 0.341 e. The smallest absolute Gasteiger partial charge is 0.223 e. The number of piperazine rings is 1. The Hall–Kier alpha value is -1.47. The van der Waals surface area contributed by atoms with Crippen LogP contribution in [0, 0.1) is 6.92 Å². The van der Waals surface area contributed by atoms with E-state index in [9.17, 15) is 4.79 Å². The molecule has 2 aliphatic rings. The molecule has 1 aromatic rings. The van der Waals surface area contributed by atoms with Crippen LogP contribution < -0.4 is 0 Å². The molecule has 1 aromatic heterocycles. The van der Waals surface area contributed by atoms with E-state index >= 15 is 0 Å². The first-order valence-corrected chi connectivity index (χ1v) is 7.72. The molecule has 7 nitrogen and oxygen atoms in total. The summed E-state index contributed by atoms with van der Waals surface area (Å²) in [5.74, 6) is 1.71. The van der Waals surface area contributed by atoms with E-state index in [0.717, 1.165) is 71.0 Å². The second kappa shape index (κ2) is 6.53. The van der Waals surface area contributed by atoms with Gasteiger partial charge in [0.05, 0.1) is 6.54 Å². The van der Waals surface area contributed by atoms with Gasteiger partial charge in [0.15, 0.2) is 5.82 Å². The molecule has 0 aromatic carbocycles. The number of hydrogen-bond donors (Lipinski definition) is 0. The van der Waals surface area contributed by atoms with E-state index in [-0.39, 0.29) is 0 Å². The van der Waals surface area contributed by atoms with Crippen molar-refractivity contribution in [3.63, 3.8) is 0 Å². The van der Waals surface area contributed by atoms with E-state index in [4.69, 9.17) is 4.52 Å². The fourth-order valence-electron chi connectivity index (χ4n) is 2.98. The summed E-state index contributed by atoms with van der Waals surface area (Å²) < 4.78 is 5.00. The first kappa shape index (κ1) is 14.5. The van der Waals surface area contributed by atoms with Crippen LogP contribution in [0.5, 0.6) is 0 Å². The number of likely N-dealkylation sites (tertiary alicyclic amines) is 1. The molecule has 3 heterocycles. The van der Waals surface area contributed by atoms with Crippen LogP contribution in [-0.2, 0) is 11.3 Å². The van der Waals surface area contributed by atoms with Gasteiger partial charge in [-0.3, -0.25) is 14.6 Å². The molecule has 0 aliphatic carbocycles. The van der Waals surface area contributed by atoms with Gasteiger partial charge in [-0.05, 0) is 6.42 Å². The van der Waals surface area contributed by atoms with Crippen molar-refractivity contribution in [3.8, 4) is 0 Å². The summed E-state index contributed by atoms with van der Waals surface area (Å²) >= 11 is 0. The maximum atomic E-state index is 11.6. The summed E-state index contributed by atoms with van der Waals surface area (Å²) in [6.45, 7) is 9.49. The van der Waals surface area contributed by atoms with E-state index in [2.05, 4.69) is 19.9 Å². The fourth-order valence-corrected chi connectivity index (χ4v) is 2.98. The lowest BCUT2D eigenvalue weighted by atomic mass is 10.3. The van der Waals surface area contributed by atoms with Crippen molar-refractivity contribution in [2.45, 2.75) is 26.3 Å². The minimum absolute atomic E-state index is 0.320. The van der Waals surface area contributed by atoms with Gasteiger partial charge in [0.25, 0.3) is 0 Å². The molecule has 0 bridgehead atoms. The summed E-state index contributed by atoms with van der Waals surface area (Å²) in [4.78, 5) is 22.6. The summed E-state index contributed by atoms with van der Waals surface area (Å²) in [6.07, 6.45) is 1.76. The normalized spacial score (nSPS) is 21.4. The Morgan fingerprint density at radius 3 is 2.48 bits per heavy atom. The molecular formula is C14H23N5O2. The Labute approximate surface area is 124 Å². The zero-order valence-electron chi connectivity index (χ0n) is 12.6. The third kappa shape index (κ3) is 3.79. The highest BCUT2D eigenvalue weighted by Crippen LogP contribution is 2.10. The zero-order chi connectivity index (χ0) is 14.7. The number of aryl methyl sites for hydroxylation is 1. The standard InChI is InChI=1S/C14H23N5O2/c1-12-15-13(16-21-12)11-18-7-5-17(6-8-18)9-10-19-4-2-3-14(19)20/h2-11H2,1H3. The number of amides is 1. The SMILES string of the molecule is Cc1nc(CN2CCN(CCN3CCCC3=O)CC2)no1. The minimum atomic E-state index is 0.320. The van der Waals surface area contributed by atoms with Crippen LogP contribution in [0.4, 0.5) is 0 Å². The van der Waals surface area contributed by atoms with Crippen LogP contribution in [0.3, 0.4) is 0 Å². The van der Waals surface area contributed by atoms with Crippen molar-refractivity contribution in [1.82, 2.24) is 24.8 Å². The molecule has 3 rings (SSSR count). The van der Waals surface area contributed by atoms with E-state index in [1.54, 1.807) is 0 Å². The molecule has 1 amide bonds. The molecule has 7 heteroatoms. The van der Waals surface area contributed by atoms with Crippen molar-refractivity contribution < 1.29 is 9.32 Å². The average molecular weight is 293 g/mol. The molecule has 0 radical (unpaired) electrons. The van der Waals surface area contributed by atoms with Gasteiger partial charge < -0.3 is 9.42 Å². The summed E-state index contributed by atoms with van der Waals surface area (Å²) in [5, 5.41) is 3.94. The van der Waals surface area contributed by atoms with Gasteiger partial charge >= 0.3 is 0 Å². The number of aromatic nitrogens is 2. The van der Waals surface area contributed by atoms with Crippen molar-refractivity contribution in [2.75, 3.05) is 45.8 Å². The second-order valence-electron chi connectivity index (χ2n) is 5.83. The molecule has 21 heavy (non-hydrogen) atoms. The molecule has 0 saturated carbocycles. The van der Waals surface area contributed by atoms with Crippen molar-refractivity contribution >= 4 is 5.91 Å². The molecule has 2 aliphatic heterocycles. The molecule has 2 saturated heterocycles. The highest BCUT2D eigenvalue weighted by atomic mass is 16.5. The lowest BCUT2D eigenvalue weighted by molar-refractivity contribution is -0.127. The Morgan fingerprint density at radius 2 is 1.86 bits per heavy atom. The van der Waals surface area contributed by atoms with Crippen molar-refractivity contribution in [2.24, 2.45) is 0 Å². The number of hydrogen-bond acceptors (Lipinski definition) is 6. The van der Waals surface area contributed by atoms with Crippen LogP contribution in [0.2, 0.25) is 0 Å². The lowest BCUT2D eigenvalue weighted by Gasteiger charge is -2.34. The summed E-state index contributed by atoms with van der Waals surface area (Å²) in [6, 6.07) is 0. The van der Waals surface area contributed by atoms with Crippen LogP contribution in [-0.4, -0.2) is 76.6 Å². The van der Waals surface area contributed by atoms with Gasteiger partial charge in [-0.2, -0.15) is 4.98 Å². The highest BCUT2D eigenvalue weighted by molar-refractivity contribution is 5.78. The maximum Gasteiger partial charge on any atom is 0.223 e. The Balaban J connectivity index is 1.37. The first-order valence-electron chi connectivity index (χ1n) is 7.72. The predicted octanol–water partition coefficient (Wildman–Crippen LogP) is 0.118. The Bertz CT molecular complexity index is 481. The van der Waals surface area contributed by atoms with Gasteiger partial charge in [0.2, 0.25) is 11.8 Å². The first-order chi connectivity index (χ1) is 10.2. The maximum absolute atomic E-state index is 11.6. The third-order valence-electron chi connectivity index (χ3n) is 4.26. The number of rotatable bonds is 5. The fraction of sp³-hybridized carbons (Fsp3) is 0.786. The van der Waals surface area contributed by atoms with Gasteiger partial charge in [-0.1, -0.05) is 5.16 Å². The van der Waals surface area contributed by atoms with Gasteiger partial charge in [-0.25, -0.2) is 0 Å². The Morgan fingerprint density at radius 1 is 1.10 bits per heavy atom. The van der Waals surface area contributed by atoms with Crippen LogP contribution >= 0.6 is 0 Å². The van der Waals surface area contributed by atoms with Crippen LogP contribution in [0.25, 0.3) is 0 Å². The van der Waals surface area contributed by atoms with E-state index in [1.807, 2.05) is 11.8 Å². The molecule has 0 unspecified atom stereocenters. The summed E-state index contributed by atoms with van der Waals surface area (Å²) in [7, 11) is 0. The molecule has 116 valence electrons. The zero-order valence-corrected chi connectivity index (χ0v) is 12.6. The third-order valence-corrected chi connectivity index (χ3v) is 4.26. The monoisotopic (exact) mass is 293 g/mol.